The van der Waals surface area contributed by atoms with Gasteiger partial charge < -0.3 is 4.74 Å². The van der Waals surface area contributed by atoms with E-state index in [1.165, 1.54) is 25.3 Å². The number of nitro benzene ring substituents is 1. The van der Waals surface area contributed by atoms with Crippen molar-refractivity contribution in [3.05, 3.63) is 57.9 Å². The summed E-state index contributed by atoms with van der Waals surface area (Å²) in [6, 6.07) is 8.05. The molecule has 3 rings (SSSR count). The fourth-order valence-corrected chi connectivity index (χ4v) is 2.35. The van der Waals surface area contributed by atoms with Gasteiger partial charge in [-0.15, -0.1) is 10.2 Å². The van der Waals surface area contributed by atoms with E-state index in [-0.39, 0.29) is 11.4 Å². The molecule has 3 aromatic rings. The Kier molecular flexibility index (Phi) is 3.95. The average Bonchev–Trinajstić information content (AvgIpc) is 2.87. The van der Waals surface area contributed by atoms with E-state index in [0.717, 1.165) is 11.2 Å². The van der Waals surface area contributed by atoms with Gasteiger partial charge in [0.2, 0.25) is 0 Å². The molecular weight excluding hydrogens is 310 g/mol. The van der Waals surface area contributed by atoms with Crippen molar-refractivity contribution in [1.29, 1.82) is 0 Å². The van der Waals surface area contributed by atoms with Crippen molar-refractivity contribution >= 4 is 22.8 Å². The lowest BCUT2D eigenvalue weighted by Gasteiger charge is -2.03. The molecule has 0 fully saturated rings. The highest BCUT2D eigenvalue weighted by atomic mass is 16.6. The monoisotopic (exact) mass is 325 g/mol. The number of azo groups is 1. The summed E-state index contributed by atoms with van der Waals surface area (Å²) in [4.78, 5) is 14.9. The molecular formula is C16H15N5O3. The lowest BCUT2D eigenvalue weighted by molar-refractivity contribution is -0.384. The summed E-state index contributed by atoms with van der Waals surface area (Å²) in [6.07, 6.45) is 1.91. The third-order valence-electron chi connectivity index (χ3n) is 3.53. The van der Waals surface area contributed by atoms with Gasteiger partial charge in [-0.05, 0) is 31.5 Å². The van der Waals surface area contributed by atoms with Gasteiger partial charge in [0.25, 0.3) is 5.69 Å². The van der Waals surface area contributed by atoms with E-state index >= 15 is 0 Å². The molecule has 8 nitrogen and oxygen atoms in total. The van der Waals surface area contributed by atoms with E-state index in [0.29, 0.717) is 17.3 Å². The first-order chi connectivity index (χ1) is 11.5. The number of hydrogen-bond acceptors (Lipinski definition) is 6. The Labute approximate surface area is 137 Å². The van der Waals surface area contributed by atoms with Gasteiger partial charge in [0.05, 0.1) is 17.7 Å². The van der Waals surface area contributed by atoms with Crippen LogP contribution in [0.2, 0.25) is 0 Å². The van der Waals surface area contributed by atoms with Crippen LogP contribution >= 0.6 is 0 Å². The van der Waals surface area contributed by atoms with Crippen molar-refractivity contribution in [2.75, 3.05) is 7.11 Å². The first kappa shape index (κ1) is 15.6. The quantitative estimate of drug-likeness (QED) is 0.406. The van der Waals surface area contributed by atoms with Crippen LogP contribution in [-0.2, 0) is 0 Å². The van der Waals surface area contributed by atoms with Crippen LogP contribution in [0.15, 0.2) is 46.8 Å². The summed E-state index contributed by atoms with van der Waals surface area (Å²) in [5, 5.41) is 19.3. The summed E-state index contributed by atoms with van der Waals surface area (Å²) in [6.45, 7) is 3.81. The molecule has 8 heteroatoms. The zero-order chi connectivity index (χ0) is 17.3. The van der Waals surface area contributed by atoms with Crippen LogP contribution < -0.4 is 4.74 Å². The molecule has 1 aromatic carbocycles. The number of benzene rings is 1. The molecule has 0 unspecified atom stereocenters. The summed E-state index contributed by atoms with van der Waals surface area (Å²) < 4.78 is 7.02. The number of hydrogen-bond donors (Lipinski definition) is 0. The van der Waals surface area contributed by atoms with Gasteiger partial charge in [-0.25, -0.2) is 4.98 Å². The number of aryl methyl sites for hydroxylation is 2. The molecule has 0 N–H and O–H groups in total. The molecule has 0 aliphatic rings. The maximum atomic E-state index is 10.9. The topological polar surface area (TPSA) is 94.4 Å². The predicted molar refractivity (Wildman–Crippen MR) is 88.5 cm³/mol. The van der Waals surface area contributed by atoms with E-state index in [9.17, 15) is 10.1 Å². The highest BCUT2D eigenvalue weighted by Crippen LogP contribution is 2.33. The van der Waals surface area contributed by atoms with Crippen molar-refractivity contribution in [2.24, 2.45) is 10.2 Å². The van der Waals surface area contributed by atoms with Crippen LogP contribution in [0.4, 0.5) is 17.2 Å². The van der Waals surface area contributed by atoms with E-state index in [2.05, 4.69) is 15.2 Å². The fourth-order valence-electron chi connectivity index (χ4n) is 2.35. The minimum absolute atomic E-state index is 0.0736. The van der Waals surface area contributed by atoms with Crippen LogP contribution in [-0.4, -0.2) is 21.4 Å². The van der Waals surface area contributed by atoms with Gasteiger partial charge in [-0.3, -0.25) is 14.5 Å². The molecule has 2 aromatic heterocycles. The largest absolute Gasteiger partial charge is 0.494 e. The molecule has 0 saturated carbocycles. The second-order valence-corrected chi connectivity index (χ2v) is 5.27. The van der Waals surface area contributed by atoms with Crippen molar-refractivity contribution in [2.45, 2.75) is 13.8 Å². The van der Waals surface area contributed by atoms with Gasteiger partial charge in [0.1, 0.15) is 17.1 Å². The number of pyridine rings is 1. The zero-order valence-electron chi connectivity index (χ0n) is 13.4. The minimum atomic E-state index is -0.485. The fraction of sp³-hybridized carbons (Fsp3) is 0.188. The Balaban J connectivity index is 2.08. The zero-order valence-corrected chi connectivity index (χ0v) is 13.4. The van der Waals surface area contributed by atoms with E-state index in [1.54, 1.807) is 0 Å². The number of imidazole rings is 1. The molecule has 0 saturated heterocycles. The highest BCUT2D eigenvalue weighted by Gasteiger charge is 2.12. The second kappa shape index (κ2) is 6.07. The second-order valence-electron chi connectivity index (χ2n) is 5.27. The standard InChI is InChI=1S/C16H15N5O3/c1-10-4-7-15-17-11(2)16(20(15)9-10)19-18-13-8-12(21(22)23)5-6-14(13)24-3/h4-9H,1-3H3. The van der Waals surface area contributed by atoms with Crippen LogP contribution in [0, 0.1) is 24.0 Å². The number of nitro groups is 1. The van der Waals surface area contributed by atoms with Crippen molar-refractivity contribution in [3.8, 4) is 5.75 Å². The predicted octanol–water partition coefficient (Wildman–Crippen LogP) is 4.28. The Morgan fingerprint density at radius 3 is 2.71 bits per heavy atom. The van der Waals surface area contributed by atoms with Crippen molar-refractivity contribution in [3.63, 3.8) is 0 Å². The van der Waals surface area contributed by atoms with Gasteiger partial charge in [0.15, 0.2) is 5.82 Å². The summed E-state index contributed by atoms with van der Waals surface area (Å²) >= 11 is 0. The molecule has 0 aliphatic heterocycles. The molecule has 0 amide bonds. The highest BCUT2D eigenvalue weighted by molar-refractivity contribution is 5.58. The minimum Gasteiger partial charge on any atom is -0.494 e. The number of fused-ring (bicyclic) bond motifs is 1. The van der Waals surface area contributed by atoms with Gasteiger partial charge in [0, 0.05) is 18.3 Å². The number of nitrogens with zero attached hydrogens (tertiary/aromatic N) is 5. The van der Waals surface area contributed by atoms with Crippen molar-refractivity contribution in [1.82, 2.24) is 9.38 Å². The van der Waals surface area contributed by atoms with Gasteiger partial charge >= 0.3 is 0 Å². The normalized spacial score (nSPS) is 11.3. The average molecular weight is 325 g/mol. The summed E-state index contributed by atoms with van der Waals surface area (Å²) in [5.41, 5.74) is 2.75. The van der Waals surface area contributed by atoms with Crippen LogP contribution in [0.3, 0.4) is 0 Å². The molecule has 0 atom stereocenters. The lowest BCUT2D eigenvalue weighted by Crippen LogP contribution is -1.89. The van der Waals surface area contributed by atoms with Crippen molar-refractivity contribution < 1.29 is 9.66 Å². The molecule has 0 radical (unpaired) electrons. The van der Waals surface area contributed by atoms with E-state index < -0.39 is 4.92 Å². The molecule has 24 heavy (non-hydrogen) atoms. The van der Waals surface area contributed by atoms with Crippen LogP contribution in [0.5, 0.6) is 5.75 Å². The van der Waals surface area contributed by atoms with Gasteiger partial charge in [-0.1, -0.05) is 6.07 Å². The Morgan fingerprint density at radius 1 is 1.21 bits per heavy atom. The third kappa shape index (κ3) is 2.81. The lowest BCUT2D eigenvalue weighted by atomic mass is 10.2. The van der Waals surface area contributed by atoms with Gasteiger partial charge in [-0.2, -0.15) is 0 Å². The molecule has 122 valence electrons. The smallest absolute Gasteiger partial charge is 0.271 e. The Hall–Kier alpha value is -3.29. The first-order valence-corrected chi connectivity index (χ1v) is 7.19. The number of methoxy groups -OCH3 is 1. The number of aromatic nitrogens is 2. The number of non-ortho nitro benzene ring substituents is 1. The van der Waals surface area contributed by atoms with E-state index in [4.69, 9.17) is 4.74 Å². The third-order valence-corrected chi connectivity index (χ3v) is 3.53. The molecule has 0 spiro atoms. The maximum absolute atomic E-state index is 10.9. The number of ether oxygens (including phenoxy) is 1. The van der Waals surface area contributed by atoms with E-state index in [1.807, 2.05) is 36.6 Å². The Morgan fingerprint density at radius 2 is 2.00 bits per heavy atom. The number of rotatable bonds is 4. The van der Waals surface area contributed by atoms with Crippen LogP contribution in [0.25, 0.3) is 5.65 Å². The first-order valence-electron chi connectivity index (χ1n) is 7.19. The van der Waals surface area contributed by atoms with Crippen LogP contribution in [0.1, 0.15) is 11.3 Å². The SMILES string of the molecule is COc1ccc([N+](=O)[O-])cc1N=Nc1c(C)nc2ccc(C)cn12. The molecule has 2 heterocycles. The maximum Gasteiger partial charge on any atom is 0.271 e. The molecule has 0 bridgehead atoms. The Bertz CT molecular complexity index is 962. The summed E-state index contributed by atoms with van der Waals surface area (Å²) in [7, 11) is 1.48. The summed E-state index contributed by atoms with van der Waals surface area (Å²) in [5.74, 6) is 0.981. The molecule has 0 aliphatic carbocycles.